The molecule has 1 fully saturated rings. The molecule has 4 nitrogen and oxygen atoms in total. The molecule has 0 aliphatic heterocycles. The Morgan fingerprint density at radius 1 is 1.33 bits per heavy atom. The van der Waals surface area contributed by atoms with Crippen LogP contribution in [-0.2, 0) is 4.79 Å². The van der Waals surface area contributed by atoms with E-state index in [9.17, 15) is 4.79 Å². The standard InChI is InChI=1S/C17H26N2O2/c1-13-4-3-5-16(12-13)21-11-10-19(2)17(20)14-6-8-15(18)9-7-14/h3-5,12,14-15H,6-11,18H2,1-2H3. The highest BCUT2D eigenvalue weighted by Gasteiger charge is 2.26. The maximum atomic E-state index is 12.3. The molecule has 4 heteroatoms. The highest BCUT2D eigenvalue weighted by molar-refractivity contribution is 5.78. The molecule has 116 valence electrons. The molecule has 2 rings (SSSR count). The summed E-state index contributed by atoms with van der Waals surface area (Å²) in [5.41, 5.74) is 7.06. The minimum Gasteiger partial charge on any atom is -0.492 e. The number of aryl methyl sites for hydroxylation is 1. The molecule has 1 aliphatic rings. The lowest BCUT2D eigenvalue weighted by atomic mass is 9.85. The largest absolute Gasteiger partial charge is 0.492 e. The quantitative estimate of drug-likeness (QED) is 0.905. The molecular formula is C17H26N2O2. The van der Waals surface area contributed by atoms with Gasteiger partial charge in [-0.3, -0.25) is 4.79 Å². The van der Waals surface area contributed by atoms with Crippen molar-refractivity contribution in [3.05, 3.63) is 29.8 Å². The van der Waals surface area contributed by atoms with E-state index in [1.54, 1.807) is 4.90 Å². The highest BCUT2D eigenvalue weighted by atomic mass is 16.5. The summed E-state index contributed by atoms with van der Waals surface area (Å²) in [5.74, 6) is 1.24. The van der Waals surface area contributed by atoms with E-state index in [1.165, 1.54) is 5.56 Å². The Labute approximate surface area is 127 Å². The second-order valence-corrected chi connectivity index (χ2v) is 6.04. The number of carbonyl (C=O) groups excluding carboxylic acids is 1. The van der Waals surface area contributed by atoms with Crippen molar-refractivity contribution >= 4 is 5.91 Å². The molecule has 0 heterocycles. The molecule has 1 aromatic rings. The van der Waals surface area contributed by atoms with Gasteiger partial charge < -0.3 is 15.4 Å². The van der Waals surface area contributed by atoms with Crippen LogP contribution in [0.2, 0.25) is 0 Å². The average molecular weight is 290 g/mol. The number of benzene rings is 1. The molecule has 0 bridgehead atoms. The van der Waals surface area contributed by atoms with Crippen LogP contribution in [0.4, 0.5) is 0 Å². The zero-order valence-electron chi connectivity index (χ0n) is 13.0. The zero-order chi connectivity index (χ0) is 15.2. The second-order valence-electron chi connectivity index (χ2n) is 6.04. The summed E-state index contributed by atoms with van der Waals surface area (Å²) >= 11 is 0. The first-order chi connectivity index (χ1) is 10.1. The zero-order valence-corrected chi connectivity index (χ0v) is 13.0. The number of ether oxygens (including phenoxy) is 1. The number of carbonyl (C=O) groups is 1. The Kier molecular flexibility index (Phi) is 5.62. The molecular weight excluding hydrogens is 264 g/mol. The van der Waals surface area contributed by atoms with Crippen molar-refractivity contribution in [1.82, 2.24) is 4.90 Å². The summed E-state index contributed by atoms with van der Waals surface area (Å²) in [6, 6.07) is 8.24. The Morgan fingerprint density at radius 2 is 2.05 bits per heavy atom. The van der Waals surface area contributed by atoms with Gasteiger partial charge >= 0.3 is 0 Å². The van der Waals surface area contributed by atoms with Crippen LogP contribution < -0.4 is 10.5 Å². The smallest absolute Gasteiger partial charge is 0.225 e. The van der Waals surface area contributed by atoms with Crippen LogP contribution in [0.15, 0.2) is 24.3 Å². The molecule has 0 spiro atoms. The summed E-state index contributed by atoms with van der Waals surface area (Å²) in [6.07, 6.45) is 3.76. The summed E-state index contributed by atoms with van der Waals surface area (Å²) in [4.78, 5) is 14.1. The minimum atomic E-state index is 0.147. The normalized spacial score (nSPS) is 21.9. The third-order valence-electron chi connectivity index (χ3n) is 4.18. The molecule has 1 aromatic carbocycles. The topological polar surface area (TPSA) is 55.6 Å². The van der Waals surface area contributed by atoms with Gasteiger partial charge in [0.25, 0.3) is 0 Å². The van der Waals surface area contributed by atoms with Crippen LogP contribution in [0.1, 0.15) is 31.2 Å². The Bertz CT molecular complexity index is 468. The van der Waals surface area contributed by atoms with Crippen molar-refractivity contribution in [2.45, 2.75) is 38.6 Å². The van der Waals surface area contributed by atoms with Crippen LogP contribution in [0, 0.1) is 12.8 Å². The van der Waals surface area contributed by atoms with Crippen molar-refractivity contribution in [3.63, 3.8) is 0 Å². The van der Waals surface area contributed by atoms with Crippen molar-refractivity contribution in [2.24, 2.45) is 11.7 Å². The third kappa shape index (κ3) is 4.74. The van der Waals surface area contributed by atoms with Crippen LogP contribution >= 0.6 is 0 Å². The Balaban J connectivity index is 1.74. The van der Waals surface area contributed by atoms with Gasteiger partial charge in [0.1, 0.15) is 12.4 Å². The van der Waals surface area contributed by atoms with Gasteiger partial charge in [-0.15, -0.1) is 0 Å². The van der Waals surface area contributed by atoms with Gasteiger partial charge in [-0.25, -0.2) is 0 Å². The Hall–Kier alpha value is -1.55. The van der Waals surface area contributed by atoms with Gasteiger partial charge in [0.15, 0.2) is 0 Å². The fourth-order valence-electron chi connectivity index (χ4n) is 2.79. The summed E-state index contributed by atoms with van der Waals surface area (Å²) in [5, 5.41) is 0. The second kappa shape index (κ2) is 7.46. The molecule has 0 unspecified atom stereocenters. The van der Waals surface area contributed by atoms with E-state index >= 15 is 0 Å². The first kappa shape index (κ1) is 15.8. The van der Waals surface area contributed by atoms with Gasteiger partial charge in [0, 0.05) is 19.0 Å². The molecule has 0 atom stereocenters. The van der Waals surface area contributed by atoms with Gasteiger partial charge in [0.05, 0.1) is 6.54 Å². The molecule has 2 N–H and O–H groups in total. The van der Waals surface area contributed by atoms with Crippen molar-refractivity contribution < 1.29 is 9.53 Å². The van der Waals surface area contributed by atoms with E-state index in [4.69, 9.17) is 10.5 Å². The van der Waals surface area contributed by atoms with E-state index in [0.29, 0.717) is 13.2 Å². The molecule has 1 saturated carbocycles. The van der Waals surface area contributed by atoms with E-state index in [-0.39, 0.29) is 17.9 Å². The number of nitrogens with two attached hydrogens (primary N) is 1. The van der Waals surface area contributed by atoms with Crippen molar-refractivity contribution in [3.8, 4) is 5.75 Å². The summed E-state index contributed by atoms with van der Waals surface area (Å²) in [6.45, 7) is 3.18. The molecule has 21 heavy (non-hydrogen) atoms. The maximum absolute atomic E-state index is 12.3. The maximum Gasteiger partial charge on any atom is 0.225 e. The van der Waals surface area contributed by atoms with E-state index in [0.717, 1.165) is 31.4 Å². The predicted molar refractivity (Wildman–Crippen MR) is 84.2 cm³/mol. The fourth-order valence-corrected chi connectivity index (χ4v) is 2.79. The number of nitrogens with zero attached hydrogens (tertiary/aromatic N) is 1. The SMILES string of the molecule is Cc1cccc(OCCN(C)C(=O)C2CCC(N)CC2)c1. The monoisotopic (exact) mass is 290 g/mol. The number of likely N-dealkylation sites (N-methyl/N-ethyl adjacent to an activating group) is 1. The van der Waals surface area contributed by atoms with Crippen LogP contribution in [-0.4, -0.2) is 37.0 Å². The lowest BCUT2D eigenvalue weighted by Crippen LogP contribution is -2.39. The first-order valence-corrected chi connectivity index (χ1v) is 7.76. The van der Waals surface area contributed by atoms with Crippen molar-refractivity contribution in [2.75, 3.05) is 20.2 Å². The van der Waals surface area contributed by atoms with Gasteiger partial charge in [0.2, 0.25) is 5.91 Å². The molecule has 0 radical (unpaired) electrons. The van der Waals surface area contributed by atoms with E-state index < -0.39 is 0 Å². The number of amides is 1. The lowest BCUT2D eigenvalue weighted by molar-refractivity contribution is -0.135. The van der Waals surface area contributed by atoms with Crippen LogP contribution in [0.3, 0.4) is 0 Å². The minimum absolute atomic E-state index is 0.147. The predicted octanol–water partition coefficient (Wildman–Crippen LogP) is 2.35. The van der Waals surface area contributed by atoms with E-state index in [1.807, 2.05) is 38.2 Å². The third-order valence-corrected chi connectivity index (χ3v) is 4.18. The lowest BCUT2D eigenvalue weighted by Gasteiger charge is -2.29. The number of hydrogen-bond acceptors (Lipinski definition) is 3. The summed E-state index contributed by atoms with van der Waals surface area (Å²) < 4.78 is 5.70. The van der Waals surface area contributed by atoms with Crippen LogP contribution in [0.5, 0.6) is 5.75 Å². The first-order valence-electron chi connectivity index (χ1n) is 7.76. The molecule has 1 amide bonds. The van der Waals surface area contributed by atoms with Crippen LogP contribution in [0.25, 0.3) is 0 Å². The number of rotatable bonds is 5. The van der Waals surface area contributed by atoms with E-state index in [2.05, 4.69) is 0 Å². The molecule has 0 aromatic heterocycles. The Morgan fingerprint density at radius 3 is 2.71 bits per heavy atom. The summed E-state index contributed by atoms with van der Waals surface area (Å²) in [7, 11) is 1.86. The van der Waals surface area contributed by atoms with Crippen molar-refractivity contribution in [1.29, 1.82) is 0 Å². The average Bonchev–Trinajstić information content (AvgIpc) is 2.47. The van der Waals surface area contributed by atoms with Gasteiger partial charge in [-0.1, -0.05) is 12.1 Å². The molecule has 1 aliphatic carbocycles. The fraction of sp³-hybridized carbons (Fsp3) is 0.588. The highest BCUT2D eigenvalue weighted by Crippen LogP contribution is 2.24. The van der Waals surface area contributed by atoms with Gasteiger partial charge in [-0.05, 0) is 50.3 Å². The molecule has 0 saturated heterocycles. The van der Waals surface area contributed by atoms with Gasteiger partial charge in [-0.2, -0.15) is 0 Å². The number of hydrogen-bond donors (Lipinski definition) is 1.